The Morgan fingerprint density at radius 2 is 2.06 bits per heavy atom. The van der Waals surface area contributed by atoms with Crippen molar-refractivity contribution in [2.24, 2.45) is 5.92 Å². The molecule has 21 heteroatoms. The molecule has 0 radical (unpaired) electrons. The molecule has 3 rings (SSSR count). The monoisotopic (exact) mass is 579 g/mol. The fraction of sp³-hybridized carbons (Fsp3) is 0.500. The topological polar surface area (TPSA) is 242 Å². The summed E-state index contributed by atoms with van der Waals surface area (Å²) in [7, 11) is -10.9. The lowest BCUT2D eigenvalue weighted by atomic mass is 9.87. The van der Waals surface area contributed by atoms with E-state index in [1.54, 1.807) is 0 Å². The predicted octanol–water partition coefficient (Wildman–Crippen LogP) is 0.979. The van der Waals surface area contributed by atoms with Crippen molar-refractivity contribution in [1.29, 1.82) is 0 Å². The highest BCUT2D eigenvalue weighted by atomic mass is 32.5. The summed E-state index contributed by atoms with van der Waals surface area (Å²) in [6.45, 7) is -0.174. The minimum absolute atomic E-state index is 0.0251. The maximum atomic E-state index is 15.8. The predicted molar refractivity (Wildman–Crippen MR) is 121 cm³/mol. The number of nitrogens with one attached hydrogen (secondary N) is 1. The minimum Gasteiger partial charge on any atom is -0.369 e. The molecule has 2 aromatic heterocycles. The Labute approximate surface area is 201 Å². The van der Waals surface area contributed by atoms with Crippen LogP contribution in [0.5, 0.6) is 0 Å². The SMILES string of the molecule is C=C[C@@H]1[C@@H](CCOP(O)(=S)OP(=O)(O)OP(=O)(O)O)O[C@@H](n2cnc3c(=O)[nH]c(N)nc32)[C@]1(C)F. The summed E-state index contributed by atoms with van der Waals surface area (Å²) >= 11 is 4.55. The van der Waals surface area contributed by atoms with Gasteiger partial charge in [0.25, 0.3) is 5.56 Å². The molecule has 35 heavy (non-hydrogen) atoms. The van der Waals surface area contributed by atoms with Crippen LogP contribution in [0.1, 0.15) is 19.6 Å². The van der Waals surface area contributed by atoms with Gasteiger partial charge in [-0.15, -0.1) is 6.58 Å². The number of imidazole rings is 1. The molecule has 1 aliphatic rings. The first-order chi connectivity index (χ1) is 16.0. The summed E-state index contributed by atoms with van der Waals surface area (Å²) in [5, 5.41) is 0. The smallest absolute Gasteiger partial charge is 0.369 e. The molecule has 0 aliphatic carbocycles. The molecular formula is C14H21FN5O11P3S. The number of rotatable bonds is 10. The Morgan fingerprint density at radius 1 is 1.40 bits per heavy atom. The normalized spacial score (nSPS) is 28.6. The first-order valence-electron chi connectivity index (χ1n) is 9.43. The van der Waals surface area contributed by atoms with Crippen molar-refractivity contribution in [2.45, 2.75) is 31.3 Å². The number of aromatic amines is 1. The van der Waals surface area contributed by atoms with Crippen LogP contribution in [-0.2, 0) is 38.8 Å². The summed E-state index contributed by atoms with van der Waals surface area (Å²) in [5.74, 6) is -1.17. The van der Waals surface area contributed by atoms with Crippen LogP contribution in [0, 0.1) is 5.92 Å². The summed E-state index contributed by atoms with van der Waals surface area (Å²) in [6, 6.07) is 0. The number of aromatic nitrogens is 4. The first-order valence-corrected chi connectivity index (χ1v) is 15.0. The molecule has 2 unspecified atom stereocenters. The van der Waals surface area contributed by atoms with Crippen LogP contribution in [0.15, 0.2) is 23.8 Å². The van der Waals surface area contributed by atoms with Crippen LogP contribution < -0.4 is 11.3 Å². The number of H-pyrrole nitrogens is 1. The Bertz CT molecular complexity index is 1330. The lowest BCUT2D eigenvalue weighted by molar-refractivity contribution is -0.0484. The number of anilines is 1. The van der Waals surface area contributed by atoms with Gasteiger partial charge in [-0.1, -0.05) is 6.08 Å². The highest BCUT2D eigenvalue weighted by molar-refractivity contribution is 8.08. The van der Waals surface area contributed by atoms with Gasteiger partial charge in [-0.3, -0.25) is 14.3 Å². The number of fused-ring (bicyclic) bond motifs is 1. The number of phosphoric acid groups is 2. The van der Waals surface area contributed by atoms with Crippen LogP contribution in [0.25, 0.3) is 11.2 Å². The molecule has 0 amide bonds. The van der Waals surface area contributed by atoms with Crippen molar-refractivity contribution in [2.75, 3.05) is 12.3 Å². The number of hydrogen-bond acceptors (Lipinski definition) is 11. The van der Waals surface area contributed by atoms with Crippen molar-refractivity contribution in [1.82, 2.24) is 19.5 Å². The number of hydrogen-bond donors (Lipinski definition) is 6. The van der Waals surface area contributed by atoms with Gasteiger partial charge in [0.15, 0.2) is 23.1 Å². The third-order valence-corrected chi connectivity index (χ3v) is 9.62. The number of ether oxygens (including phenoxy) is 1. The number of nitrogen functional groups attached to an aromatic ring is 1. The lowest BCUT2D eigenvalue weighted by Gasteiger charge is -2.26. The molecule has 0 saturated carbocycles. The maximum absolute atomic E-state index is 15.8. The van der Waals surface area contributed by atoms with Gasteiger partial charge in [-0.25, -0.2) is 22.8 Å². The van der Waals surface area contributed by atoms with Crippen molar-refractivity contribution >= 4 is 51.3 Å². The van der Waals surface area contributed by atoms with E-state index in [4.69, 9.17) is 24.8 Å². The van der Waals surface area contributed by atoms with E-state index in [0.717, 1.165) is 6.33 Å². The maximum Gasteiger partial charge on any atom is 0.488 e. The minimum atomic E-state index is -5.47. The molecular weight excluding hydrogens is 558 g/mol. The van der Waals surface area contributed by atoms with E-state index in [9.17, 15) is 23.7 Å². The zero-order chi connectivity index (χ0) is 26.4. The summed E-state index contributed by atoms with van der Waals surface area (Å²) < 4.78 is 57.8. The Morgan fingerprint density at radius 3 is 2.66 bits per heavy atom. The van der Waals surface area contributed by atoms with Gasteiger partial charge >= 0.3 is 22.4 Å². The number of halogens is 1. The summed E-state index contributed by atoms with van der Waals surface area (Å²) in [5.41, 5.74) is 2.72. The van der Waals surface area contributed by atoms with Crippen LogP contribution in [-0.4, -0.2) is 57.5 Å². The molecule has 1 saturated heterocycles. The van der Waals surface area contributed by atoms with Crippen LogP contribution >= 0.6 is 22.4 Å². The third-order valence-electron chi connectivity index (χ3n) is 4.87. The van der Waals surface area contributed by atoms with Crippen LogP contribution in [0.3, 0.4) is 0 Å². The molecule has 196 valence electrons. The number of nitrogens with two attached hydrogens (primary N) is 1. The molecule has 16 nitrogen and oxygen atoms in total. The molecule has 0 aromatic carbocycles. The molecule has 7 N–H and O–H groups in total. The van der Waals surface area contributed by atoms with Gasteiger partial charge in [0.05, 0.1) is 19.0 Å². The second kappa shape index (κ2) is 9.82. The fourth-order valence-corrected chi connectivity index (χ4v) is 7.59. The van der Waals surface area contributed by atoms with Gasteiger partial charge in [0.2, 0.25) is 5.95 Å². The van der Waals surface area contributed by atoms with E-state index >= 15 is 4.39 Å². The highest BCUT2D eigenvalue weighted by Crippen LogP contribution is 2.66. The van der Waals surface area contributed by atoms with E-state index in [-0.39, 0.29) is 23.5 Å². The van der Waals surface area contributed by atoms with Crippen molar-refractivity contribution in [3.63, 3.8) is 0 Å². The second-order valence-electron chi connectivity index (χ2n) is 7.43. The Hall–Kier alpha value is -1.39. The Balaban J connectivity index is 1.74. The van der Waals surface area contributed by atoms with E-state index < -0.39 is 58.4 Å². The van der Waals surface area contributed by atoms with E-state index in [1.807, 2.05) is 0 Å². The van der Waals surface area contributed by atoms with E-state index in [2.05, 4.69) is 42.0 Å². The quantitative estimate of drug-likeness (QED) is 0.170. The Kier molecular flexibility index (Phi) is 7.91. The molecule has 0 bridgehead atoms. The average Bonchev–Trinajstić information content (AvgIpc) is 3.16. The van der Waals surface area contributed by atoms with Gasteiger partial charge in [-0.05, 0) is 25.2 Å². The largest absolute Gasteiger partial charge is 0.488 e. The van der Waals surface area contributed by atoms with Gasteiger partial charge in [0, 0.05) is 5.92 Å². The fourth-order valence-electron chi connectivity index (χ4n) is 3.58. The van der Waals surface area contributed by atoms with Gasteiger partial charge < -0.3 is 34.6 Å². The molecule has 6 atom stereocenters. The van der Waals surface area contributed by atoms with E-state index in [1.165, 1.54) is 17.6 Å². The average molecular weight is 579 g/mol. The zero-order valence-corrected chi connectivity index (χ0v) is 21.2. The van der Waals surface area contributed by atoms with Crippen molar-refractivity contribution in [3.05, 3.63) is 29.3 Å². The highest BCUT2D eigenvalue weighted by Gasteiger charge is 2.54. The van der Waals surface area contributed by atoms with Gasteiger partial charge in [0.1, 0.15) is 0 Å². The lowest BCUT2D eigenvalue weighted by Crippen LogP contribution is -2.34. The molecule has 3 heterocycles. The molecule has 1 aliphatic heterocycles. The third kappa shape index (κ3) is 6.49. The van der Waals surface area contributed by atoms with E-state index in [0.29, 0.717) is 0 Å². The van der Waals surface area contributed by atoms with Crippen LogP contribution in [0.4, 0.5) is 10.3 Å². The molecule has 1 fully saturated rings. The standard InChI is InChI=1S/C14H21FN5O11P3S/c1-3-7-8(4-5-28-34(27,35)31-33(25,26)30-32(22,23)24)29-12(14(7,2)15)20-6-17-9-10(20)18-13(16)19-11(9)21/h3,6-8,12H,1,4-5H2,2H3,(H,25,26)(H,27,35)(H2,22,23,24)(H3,16,18,19,21)/t7-,8-,12-,14-,34?/m1/s1. The van der Waals surface area contributed by atoms with Crippen molar-refractivity contribution in [3.8, 4) is 0 Å². The molecule has 2 aromatic rings. The van der Waals surface area contributed by atoms with Gasteiger partial charge in [-0.2, -0.15) is 9.29 Å². The molecule has 0 spiro atoms. The summed E-state index contributed by atoms with van der Waals surface area (Å²) in [6.07, 6.45) is 0.0326. The van der Waals surface area contributed by atoms with Crippen molar-refractivity contribution < 1.29 is 51.0 Å². The number of nitrogens with zero attached hydrogens (tertiary/aromatic N) is 3. The van der Waals surface area contributed by atoms with Crippen LogP contribution in [0.2, 0.25) is 0 Å². The zero-order valence-electron chi connectivity index (χ0n) is 17.7. The first kappa shape index (κ1) is 28.2. The second-order valence-corrected chi connectivity index (χ2v) is 13.2. The summed E-state index contributed by atoms with van der Waals surface area (Å²) in [4.78, 5) is 58.7. The number of alkyl halides is 1.